The lowest BCUT2D eigenvalue weighted by Crippen LogP contribution is -2.46. The molecule has 1 saturated carbocycles. The van der Waals surface area contributed by atoms with Crippen LogP contribution in [-0.4, -0.2) is 35.2 Å². The molecule has 11 heteroatoms. The van der Waals surface area contributed by atoms with Crippen molar-refractivity contribution in [3.8, 4) is 5.75 Å². The van der Waals surface area contributed by atoms with E-state index < -0.39 is 17.9 Å². The number of carbonyl (C=O) groups excluding carboxylic acids is 3. The summed E-state index contributed by atoms with van der Waals surface area (Å²) in [4.78, 5) is 41.4. The van der Waals surface area contributed by atoms with E-state index in [1.165, 1.54) is 23.3 Å². The number of carbonyl (C=O) groups is 3. The monoisotopic (exact) mass is 499 g/mol. The highest BCUT2D eigenvalue weighted by Gasteiger charge is 2.37. The first kappa shape index (κ1) is 23.7. The Morgan fingerprint density at radius 1 is 1.21 bits per heavy atom. The number of nitrogens with zero attached hydrogens (tertiary/aromatic N) is 2. The van der Waals surface area contributed by atoms with Gasteiger partial charge in [0.2, 0.25) is 5.91 Å². The quantitative estimate of drug-likeness (QED) is 0.434. The molecule has 2 heterocycles. The van der Waals surface area contributed by atoms with Gasteiger partial charge in [-0.3, -0.25) is 19.3 Å². The van der Waals surface area contributed by atoms with Gasteiger partial charge in [0.1, 0.15) is 10.6 Å². The van der Waals surface area contributed by atoms with Crippen LogP contribution in [0.25, 0.3) is 0 Å². The number of aromatic nitrogens is 1. The average molecular weight is 500 g/mol. The van der Waals surface area contributed by atoms with E-state index in [2.05, 4.69) is 9.69 Å². The lowest BCUT2D eigenvalue weighted by atomic mass is 10.1. The molecule has 4 rings (SSSR count). The SMILES string of the molecule is COc1cccc(N(C(=O)c2snc(C(N)=O)c2N)C(C(=O)NC2CCCC2)c2cccs2)c1. The Morgan fingerprint density at radius 2 is 1.97 bits per heavy atom. The molecule has 5 N–H and O–H groups in total. The fourth-order valence-electron chi connectivity index (χ4n) is 4.05. The van der Waals surface area contributed by atoms with E-state index in [1.54, 1.807) is 24.3 Å². The van der Waals surface area contributed by atoms with Gasteiger partial charge in [-0.2, -0.15) is 4.37 Å². The van der Waals surface area contributed by atoms with Gasteiger partial charge in [0.25, 0.3) is 11.8 Å². The van der Waals surface area contributed by atoms with Crippen LogP contribution in [0.15, 0.2) is 41.8 Å². The van der Waals surface area contributed by atoms with Crippen molar-refractivity contribution in [2.45, 2.75) is 37.8 Å². The van der Waals surface area contributed by atoms with Gasteiger partial charge in [-0.05, 0) is 48.0 Å². The van der Waals surface area contributed by atoms with Crippen LogP contribution in [0.3, 0.4) is 0 Å². The molecule has 1 unspecified atom stereocenters. The lowest BCUT2D eigenvalue weighted by Gasteiger charge is -2.31. The standard InChI is InChI=1S/C23H25N5O4S2/c1-32-15-9-4-8-14(12-15)28(23(31)20-17(24)18(21(25)29)27-34-20)19(16-10-5-11-33-16)22(30)26-13-6-2-3-7-13/h4-5,8-13,19H,2-3,6-7,24H2,1H3,(H2,25,29)(H,26,30). The van der Waals surface area contributed by atoms with Crippen LogP contribution < -0.4 is 26.4 Å². The van der Waals surface area contributed by atoms with Crippen LogP contribution in [0, 0.1) is 0 Å². The Balaban J connectivity index is 1.82. The highest BCUT2D eigenvalue weighted by Crippen LogP contribution is 2.36. The molecule has 3 amide bonds. The molecule has 178 valence electrons. The number of nitrogens with one attached hydrogen (secondary N) is 1. The van der Waals surface area contributed by atoms with E-state index in [0.29, 0.717) is 16.3 Å². The lowest BCUT2D eigenvalue weighted by molar-refractivity contribution is -0.123. The van der Waals surface area contributed by atoms with Gasteiger partial charge in [-0.1, -0.05) is 25.0 Å². The molecule has 1 aliphatic carbocycles. The summed E-state index contributed by atoms with van der Waals surface area (Å²) in [6.07, 6.45) is 3.92. The molecule has 0 aliphatic heterocycles. The summed E-state index contributed by atoms with van der Waals surface area (Å²) in [5, 5.41) is 4.97. The van der Waals surface area contributed by atoms with Crippen molar-refractivity contribution in [1.82, 2.24) is 9.69 Å². The first-order valence-electron chi connectivity index (χ1n) is 10.8. The Hall–Kier alpha value is -3.44. The van der Waals surface area contributed by atoms with E-state index in [0.717, 1.165) is 37.2 Å². The highest BCUT2D eigenvalue weighted by molar-refractivity contribution is 7.10. The summed E-state index contributed by atoms with van der Waals surface area (Å²) < 4.78 is 9.32. The third-order valence-electron chi connectivity index (χ3n) is 5.73. The predicted molar refractivity (Wildman–Crippen MR) is 132 cm³/mol. The van der Waals surface area contributed by atoms with Gasteiger partial charge in [0.05, 0.1) is 12.8 Å². The number of anilines is 2. The van der Waals surface area contributed by atoms with Gasteiger partial charge in [0.15, 0.2) is 11.7 Å². The molecule has 0 bridgehead atoms. The summed E-state index contributed by atoms with van der Waals surface area (Å²) in [6.45, 7) is 0. The van der Waals surface area contributed by atoms with Crippen LogP contribution in [0.1, 0.15) is 56.8 Å². The Kier molecular flexibility index (Phi) is 7.13. The van der Waals surface area contributed by atoms with Crippen molar-refractivity contribution in [2.24, 2.45) is 5.73 Å². The minimum Gasteiger partial charge on any atom is -0.497 e. The minimum atomic E-state index is -0.960. The topological polar surface area (TPSA) is 141 Å². The summed E-state index contributed by atoms with van der Waals surface area (Å²) in [6, 6.07) is 9.62. The van der Waals surface area contributed by atoms with Crippen molar-refractivity contribution >= 4 is 52.0 Å². The third kappa shape index (κ3) is 4.75. The predicted octanol–water partition coefficient (Wildman–Crippen LogP) is 3.34. The van der Waals surface area contributed by atoms with Crippen LogP contribution in [0.4, 0.5) is 11.4 Å². The first-order valence-corrected chi connectivity index (χ1v) is 12.4. The fraction of sp³-hybridized carbons (Fsp3) is 0.304. The van der Waals surface area contributed by atoms with Crippen molar-refractivity contribution in [3.63, 3.8) is 0 Å². The minimum absolute atomic E-state index is 0.0341. The van der Waals surface area contributed by atoms with Gasteiger partial charge in [-0.25, -0.2) is 0 Å². The number of ether oxygens (including phenoxy) is 1. The van der Waals surface area contributed by atoms with Crippen LogP contribution in [-0.2, 0) is 4.79 Å². The second-order valence-corrected chi connectivity index (χ2v) is 9.68. The molecular formula is C23H25N5O4S2. The van der Waals surface area contributed by atoms with Crippen LogP contribution in [0.2, 0.25) is 0 Å². The van der Waals surface area contributed by atoms with Gasteiger partial charge in [0, 0.05) is 22.7 Å². The van der Waals surface area contributed by atoms with Crippen molar-refractivity contribution in [1.29, 1.82) is 0 Å². The van der Waals surface area contributed by atoms with Crippen molar-refractivity contribution in [2.75, 3.05) is 17.7 Å². The maximum absolute atomic E-state index is 13.9. The second-order valence-electron chi connectivity index (χ2n) is 7.92. The number of amides is 3. The zero-order chi connectivity index (χ0) is 24.2. The molecule has 3 aromatic rings. The molecule has 9 nitrogen and oxygen atoms in total. The number of benzene rings is 1. The second kappa shape index (κ2) is 10.2. The van der Waals surface area contributed by atoms with E-state index in [-0.39, 0.29) is 28.2 Å². The average Bonchev–Trinajstić information content (AvgIpc) is 3.59. The number of thiophene rings is 1. The number of primary amides is 1. The number of rotatable bonds is 8. The molecule has 0 spiro atoms. The number of nitrogens with two attached hydrogens (primary N) is 2. The number of methoxy groups -OCH3 is 1. The van der Waals surface area contributed by atoms with E-state index in [4.69, 9.17) is 16.2 Å². The fourth-order valence-corrected chi connectivity index (χ4v) is 5.61. The molecule has 2 aromatic heterocycles. The largest absolute Gasteiger partial charge is 0.497 e. The maximum atomic E-state index is 13.9. The summed E-state index contributed by atoms with van der Waals surface area (Å²) >= 11 is 2.15. The van der Waals surface area contributed by atoms with Crippen molar-refractivity contribution in [3.05, 3.63) is 57.2 Å². The zero-order valence-electron chi connectivity index (χ0n) is 18.5. The summed E-state index contributed by atoms with van der Waals surface area (Å²) in [7, 11) is 1.52. The first-order chi connectivity index (χ1) is 16.4. The number of hydrogen-bond donors (Lipinski definition) is 3. The van der Waals surface area contributed by atoms with Gasteiger partial charge < -0.3 is 21.5 Å². The smallest absolute Gasteiger partial charge is 0.273 e. The summed E-state index contributed by atoms with van der Waals surface area (Å²) in [5.74, 6) is -1.15. The Bertz CT molecular complexity index is 1190. The molecule has 1 aromatic carbocycles. The molecule has 0 radical (unpaired) electrons. The third-order valence-corrected chi connectivity index (χ3v) is 7.50. The van der Waals surface area contributed by atoms with Crippen LogP contribution >= 0.6 is 22.9 Å². The summed E-state index contributed by atoms with van der Waals surface area (Å²) in [5.41, 5.74) is 11.6. The zero-order valence-corrected chi connectivity index (χ0v) is 20.2. The molecule has 0 saturated heterocycles. The van der Waals surface area contributed by atoms with Gasteiger partial charge >= 0.3 is 0 Å². The molecular weight excluding hydrogens is 474 g/mol. The van der Waals surface area contributed by atoms with Crippen LogP contribution in [0.5, 0.6) is 5.75 Å². The van der Waals surface area contributed by atoms with E-state index in [1.807, 2.05) is 17.5 Å². The van der Waals surface area contributed by atoms with Gasteiger partial charge in [-0.15, -0.1) is 11.3 Å². The number of nitrogen functional groups attached to an aromatic ring is 1. The Morgan fingerprint density at radius 3 is 2.59 bits per heavy atom. The molecule has 1 aliphatic rings. The van der Waals surface area contributed by atoms with E-state index in [9.17, 15) is 14.4 Å². The highest BCUT2D eigenvalue weighted by atomic mass is 32.1. The maximum Gasteiger partial charge on any atom is 0.273 e. The normalized spacial score (nSPS) is 14.5. The molecule has 1 fully saturated rings. The van der Waals surface area contributed by atoms with E-state index >= 15 is 0 Å². The number of hydrogen-bond acceptors (Lipinski definition) is 8. The Labute approximate surface area is 204 Å². The van der Waals surface area contributed by atoms with Crippen molar-refractivity contribution < 1.29 is 19.1 Å². The molecule has 1 atom stereocenters. The molecule has 34 heavy (non-hydrogen) atoms.